The van der Waals surface area contributed by atoms with Gasteiger partial charge in [0.1, 0.15) is 11.3 Å². The van der Waals surface area contributed by atoms with Crippen LogP contribution in [0.3, 0.4) is 0 Å². The summed E-state index contributed by atoms with van der Waals surface area (Å²) in [4.78, 5) is 15.6. The van der Waals surface area contributed by atoms with Crippen LogP contribution in [0.2, 0.25) is 0 Å². The van der Waals surface area contributed by atoms with E-state index < -0.39 is 10.0 Å². The number of fused-ring (bicyclic) bond motifs is 1. The summed E-state index contributed by atoms with van der Waals surface area (Å²) in [5.74, 6) is 0.325. The summed E-state index contributed by atoms with van der Waals surface area (Å²) in [6.07, 6.45) is 3.26. The van der Waals surface area contributed by atoms with Crippen molar-refractivity contribution in [3.63, 3.8) is 0 Å². The van der Waals surface area contributed by atoms with E-state index in [-0.39, 0.29) is 16.8 Å². The van der Waals surface area contributed by atoms with Gasteiger partial charge in [-0.1, -0.05) is 18.2 Å². The minimum Gasteiger partial charge on any atom is -0.459 e. The zero-order valence-corrected chi connectivity index (χ0v) is 19.5. The molecule has 1 atom stereocenters. The number of nitrogens with one attached hydrogen (secondary N) is 1. The van der Waals surface area contributed by atoms with Gasteiger partial charge in [0.25, 0.3) is 5.91 Å². The fourth-order valence-electron chi connectivity index (χ4n) is 4.04. The fraction of sp³-hybridized carbons (Fsp3) is 0.375. The molecule has 170 valence electrons. The molecule has 1 unspecified atom stereocenters. The lowest BCUT2D eigenvalue weighted by Crippen LogP contribution is -2.34. The van der Waals surface area contributed by atoms with Crippen molar-refractivity contribution >= 4 is 32.6 Å². The lowest BCUT2D eigenvalue weighted by molar-refractivity contribution is 0.0936. The normalized spacial score (nSPS) is 15.8. The predicted octanol–water partition coefficient (Wildman–Crippen LogP) is 4.16. The summed E-state index contributed by atoms with van der Waals surface area (Å²) in [6, 6.07) is 14.0. The molecule has 1 aliphatic rings. The Bertz CT molecular complexity index is 1190. The SMILES string of the molecule is CC(NC(=O)c1cc(S(=O)(=O)N(C)C)ccc1N1CCCCC1)c1cc2ccccc2o1. The van der Waals surface area contributed by atoms with Crippen LogP contribution in [0.25, 0.3) is 11.0 Å². The quantitative estimate of drug-likeness (QED) is 0.603. The van der Waals surface area contributed by atoms with Gasteiger partial charge < -0.3 is 14.6 Å². The molecule has 4 rings (SSSR count). The molecule has 1 aliphatic heterocycles. The van der Waals surface area contributed by atoms with Gasteiger partial charge in [-0.2, -0.15) is 0 Å². The van der Waals surface area contributed by atoms with Gasteiger partial charge in [0, 0.05) is 38.3 Å². The van der Waals surface area contributed by atoms with E-state index in [9.17, 15) is 13.2 Å². The highest BCUT2D eigenvalue weighted by Gasteiger charge is 2.25. The Labute approximate surface area is 189 Å². The van der Waals surface area contributed by atoms with Gasteiger partial charge in [0.15, 0.2) is 0 Å². The van der Waals surface area contributed by atoms with E-state index >= 15 is 0 Å². The Kier molecular flexibility index (Phi) is 6.26. The van der Waals surface area contributed by atoms with Gasteiger partial charge in [-0.3, -0.25) is 4.79 Å². The van der Waals surface area contributed by atoms with Crippen LogP contribution in [0, 0.1) is 0 Å². The van der Waals surface area contributed by atoms with E-state index in [1.165, 1.54) is 20.2 Å². The van der Waals surface area contributed by atoms with Crippen LogP contribution in [0.1, 0.15) is 48.3 Å². The number of rotatable bonds is 6. The van der Waals surface area contributed by atoms with E-state index in [4.69, 9.17) is 4.42 Å². The number of benzene rings is 2. The number of carbonyl (C=O) groups is 1. The van der Waals surface area contributed by atoms with Gasteiger partial charge in [-0.25, -0.2) is 12.7 Å². The van der Waals surface area contributed by atoms with Crippen LogP contribution < -0.4 is 10.2 Å². The van der Waals surface area contributed by atoms with Crippen molar-refractivity contribution < 1.29 is 17.6 Å². The van der Waals surface area contributed by atoms with E-state index in [0.29, 0.717) is 11.3 Å². The maximum absolute atomic E-state index is 13.4. The molecule has 0 radical (unpaired) electrons. The number of hydrogen-bond acceptors (Lipinski definition) is 5. The lowest BCUT2D eigenvalue weighted by atomic mass is 10.1. The summed E-state index contributed by atoms with van der Waals surface area (Å²) in [5.41, 5.74) is 1.88. The van der Waals surface area contributed by atoms with Crippen LogP contribution in [0.15, 0.2) is 57.8 Å². The third-order valence-electron chi connectivity index (χ3n) is 5.91. The maximum Gasteiger partial charge on any atom is 0.254 e. The molecule has 1 amide bonds. The maximum atomic E-state index is 13.4. The van der Waals surface area contributed by atoms with Gasteiger partial charge in [0.05, 0.1) is 16.5 Å². The largest absolute Gasteiger partial charge is 0.459 e. The molecule has 7 nitrogen and oxygen atoms in total. The molecular weight excluding hydrogens is 426 g/mol. The van der Waals surface area contributed by atoms with Crippen LogP contribution in [0.4, 0.5) is 5.69 Å². The molecule has 0 bridgehead atoms. The number of anilines is 1. The Balaban J connectivity index is 1.67. The van der Waals surface area contributed by atoms with Crippen molar-refractivity contribution in [3.05, 3.63) is 59.9 Å². The molecule has 2 heterocycles. The van der Waals surface area contributed by atoms with Crippen molar-refractivity contribution in [2.75, 3.05) is 32.1 Å². The highest BCUT2D eigenvalue weighted by Crippen LogP contribution is 2.29. The van der Waals surface area contributed by atoms with Gasteiger partial charge in [0.2, 0.25) is 10.0 Å². The fourth-order valence-corrected chi connectivity index (χ4v) is 4.97. The molecule has 0 saturated carbocycles. The molecule has 0 spiro atoms. The minimum atomic E-state index is -3.66. The standard InChI is InChI=1S/C24H29N3O4S/c1-17(23-15-18-9-5-6-10-22(18)31-23)25-24(28)20-16-19(32(29,30)26(2)3)11-12-21(20)27-13-7-4-8-14-27/h5-6,9-12,15-17H,4,7-8,13-14H2,1-3H3,(H,25,28). The molecule has 1 fully saturated rings. The van der Waals surface area contributed by atoms with E-state index in [2.05, 4.69) is 10.2 Å². The molecule has 1 N–H and O–H groups in total. The number of furan rings is 1. The van der Waals surface area contributed by atoms with Gasteiger partial charge in [-0.15, -0.1) is 0 Å². The van der Waals surface area contributed by atoms with E-state index in [1.807, 2.05) is 37.3 Å². The van der Waals surface area contributed by atoms with E-state index in [1.54, 1.807) is 12.1 Å². The Morgan fingerprint density at radius 2 is 1.78 bits per heavy atom. The first-order chi connectivity index (χ1) is 15.3. The lowest BCUT2D eigenvalue weighted by Gasteiger charge is -2.31. The number of para-hydroxylation sites is 1. The topological polar surface area (TPSA) is 82.9 Å². The molecule has 1 saturated heterocycles. The smallest absolute Gasteiger partial charge is 0.254 e. The molecule has 2 aromatic carbocycles. The number of nitrogens with zero attached hydrogens (tertiary/aromatic N) is 2. The van der Waals surface area contributed by atoms with Crippen LogP contribution >= 0.6 is 0 Å². The first-order valence-corrected chi connectivity index (χ1v) is 12.3. The summed E-state index contributed by atoms with van der Waals surface area (Å²) >= 11 is 0. The number of piperidine rings is 1. The predicted molar refractivity (Wildman–Crippen MR) is 125 cm³/mol. The van der Waals surface area contributed by atoms with E-state index in [0.717, 1.165) is 53.3 Å². The second-order valence-electron chi connectivity index (χ2n) is 8.40. The second kappa shape index (κ2) is 8.96. The zero-order chi connectivity index (χ0) is 22.9. The zero-order valence-electron chi connectivity index (χ0n) is 18.7. The van der Waals surface area contributed by atoms with Gasteiger partial charge in [-0.05, 0) is 56.5 Å². The number of carbonyl (C=O) groups excluding carboxylic acids is 1. The molecule has 1 aromatic heterocycles. The number of sulfonamides is 1. The Morgan fingerprint density at radius 3 is 2.47 bits per heavy atom. The highest BCUT2D eigenvalue weighted by molar-refractivity contribution is 7.89. The highest BCUT2D eigenvalue weighted by atomic mass is 32.2. The third kappa shape index (κ3) is 4.38. The van der Waals surface area contributed by atoms with Crippen molar-refractivity contribution in [1.29, 1.82) is 0 Å². The minimum absolute atomic E-state index is 0.102. The van der Waals surface area contributed by atoms with Crippen molar-refractivity contribution in [2.45, 2.75) is 37.1 Å². The van der Waals surface area contributed by atoms with Crippen LogP contribution in [0.5, 0.6) is 0 Å². The summed E-state index contributed by atoms with van der Waals surface area (Å²) in [7, 11) is -0.695. The monoisotopic (exact) mass is 455 g/mol. The summed E-state index contributed by atoms with van der Waals surface area (Å²) < 4.78 is 32.5. The first-order valence-electron chi connectivity index (χ1n) is 10.9. The van der Waals surface area contributed by atoms with Gasteiger partial charge >= 0.3 is 0 Å². The summed E-state index contributed by atoms with van der Waals surface area (Å²) in [6.45, 7) is 3.55. The number of amides is 1. The second-order valence-corrected chi connectivity index (χ2v) is 10.5. The van der Waals surface area contributed by atoms with Crippen molar-refractivity contribution in [1.82, 2.24) is 9.62 Å². The summed E-state index contributed by atoms with van der Waals surface area (Å²) in [5, 5.41) is 3.96. The third-order valence-corrected chi connectivity index (χ3v) is 7.72. The van der Waals surface area contributed by atoms with Crippen LogP contribution in [-0.4, -0.2) is 45.8 Å². The molecule has 3 aromatic rings. The van der Waals surface area contributed by atoms with Crippen molar-refractivity contribution in [3.8, 4) is 0 Å². The average Bonchev–Trinajstić information content (AvgIpc) is 3.23. The Hall–Kier alpha value is -2.84. The average molecular weight is 456 g/mol. The molecule has 8 heteroatoms. The molecular formula is C24H29N3O4S. The first kappa shape index (κ1) is 22.4. The number of hydrogen-bond donors (Lipinski definition) is 1. The molecule has 32 heavy (non-hydrogen) atoms. The van der Waals surface area contributed by atoms with Crippen molar-refractivity contribution in [2.24, 2.45) is 0 Å². The Morgan fingerprint density at radius 1 is 1.06 bits per heavy atom. The molecule has 0 aliphatic carbocycles. The van der Waals surface area contributed by atoms with Crippen LogP contribution in [-0.2, 0) is 10.0 Å².